The molecule has 1 aromatic carbocycles. The summed E-state index contributed by atoms with van der Waals surface area (Å²) in [6, 6.07) is 10.4. The van der Waals surface area contributed by atoms with Crippen molar-refractivity contribution in [3.63, 3.8) is 0 Å². The number of rotatable bonds is 2. The van der Waals surface area contributed by atoms with Crippen LogP contribution in [0.25, 0.3) is 10.9 Å². The summed E-state index contributed by atoms with van der Waals surface area (Å²) >= 11 is 0. The van der Waals surface area contributed by atoms with Crippen molar-refractivity contribution in [1.82, 2.24) is 10.2 Å². The van der Waals surface area contributed by atoms with Gasteiger partial charge in [0, 0.05) is 17.5 Å². The summed E-state index contributed by atoms with van der Waals surface area (Å²) < 4.78 is 0. The van der Waals surface area contributed by atoms with Crippen LogP contribution < -0.4 is 11.1 Å². The zero-order valence-electron chi connectivity index (χ0n) is 9.80. The maximum atomic E-state index is 9.12. The fraction of sp³-hybridized carbons (Fsp3) is 0.308. The van der Waals surface area contributed by atoms with Gasteiger partial charge in [-0.1, -0.05) is 18.2 Å². The van der Waals surface area contributed by atoms with Gasteiger partial charge in [-0.25, -0.2) is 0 Å². The highest BCUT2D eigenvalue weighted by molar-refractivity contribution is 5.92. The lowest BCUT2D eigenvalue weighted by molar-refractivity contribution is 0.374. The van der Waals surface area contributed by atoms with Crippen molar-refractivity contribution < 1.29 is 0 Å². The molecule has 5 nitrogen and oxygen atoms in total. The molecule has 1 saturated carbocycles. The van der Waals surface area contributed by atoms with E-state index in [1.54, 1.807) is 0 Å². The van der Waals surface area contributed by atoms with Crippen molar-refractivity contribution in [2.24, 2.45) is 5.73 Å². The Labute approximate surface area is 105 Å². The Kier molecular flexibility index (Phi) is 2.58. The fourth-order valence-corrected chi connectivity index (χ4v) is 2.26. The van der Waals surface area contributed by atoms with Gasteiger partial charge < -0.3 is 11.1 Å². The van der Waals surface area contributed by atoms with Crippen LogP contribution in [0.2, 0.25) is 0 Å². The lowest BCUT2D eigenvalue weighted by Gasteiger charge is -2.34. The van der Waals surface area contributed by atoms with E-state index in [0.717, 1.165) is 29.4 Å². The number of nitrogens with two attached hydrogens (primary N) is 1. The molecule has 2 aromatic rings. The van der Waals surface area contributed by atoms with Crippen molar-refractivity contribution in [2.75, 3.05) is 5.32 Å². The standard InChI is InChI=1S/C13H13N5/c14-7-12-13(16-9-5-8(15)6-9)10-3-1-2-4-11(10)17-18-12/h1-4,8-9H,5-6,15H2,(H,16,17). The number of nitrogens with zero attached hydrogens (tertiary/aromatic N) is 3. The molecule has 1 aliphatic carbocycles. The van der Waals surface area contributed by atoms with Crippen LogP contribution in [0.1, 0.15) is 18.5 Å². The Balaban J connectivity index is 2.04. The molecule has 18 heavy (non-hydrogen) atoms. The van der Waals surface area contributed by atoms with Crippen LogP contribution in [0, 0.1) is 11.3 Å². The first-order chi connectivity index (χ1) is 8.78. The molecule has 1 aliphatic rings. The first-order valence-electron chi connectivity index (χ1n) is 5.95. The van der Waals surface area contributed by atoms with Gasteiger partial charge in [0.2, 0.25) is 0 Å². The summed E-state index contributed by atoms with van der Waals surface area (Å²) in [5.74, 6) is 0. The third-order valence-corrected chi connectivity index (χ3v) is 3.30. The number of aromatic nitrogens is 2. The molecule has 0 spiro atoms. The Morgan fingerprint density at radius 3 is 2.78 bits per heavy atom. The third kappa shape index (κ3) is 1.77. The molecule has 1 fully saturated rings. The van der Waals surface area contributed by atoms with Gasteiger partial charge in [-0.05, 0) is 18.9 Å². The van der Waals surface area contributed by atoms with E-state index < -0.39 is 0 Å². The van der Waals surface area contributed by atoms with Crippen LogP contribution in [0.4, 0.5) is 5.69 Å². The van der Waals surface area contributed by atoms with E-state index in [4.69, 9.17) is 11.0 Å². The summed E-state index contributed by atoms with van der Waals surface area (Å²) in [7, 11) is 0. The largest absolute Gasteiger partial charge is 0.379 e. The van der Waals surface area contributed by atoms with Gasteiger partial charge in [-0.15, -0.1) is 10.2 Å². The fourth-order valence-electron chi connectivity index (χ4n) is 2.26. The molecule has 0 radical (unpaired) electrons. The minimum absolute atomic E-state index is 0.272. The summed E-state index contributed by atoms with van der Waals surface area (Å²) in [5.41, 5.74) is 7.69. The Morgan fingerprint density at radius 2 is 2.06 bits per heavy atom. The minimum atomic E-state index is 0.272. The second-order valence-electron chi connectivity index (χ2n) is 4.63. The quantitative estimate of drug-likeness (QED) is 0.827. The molecule has 0 bridgehead atoms. The van der Waals surface area contributed by atoms with Gasteiger partial charge >= 0.3 is 0 Å². The molecule has 0 atom stereocenters. The van der Waals surface area contributed by atoms with E-state index in [1.165, 1.54) is 0 Å². The monoisotopic (exact) mass is 239 g/mol. The molecule has 0 aliphatic heterocycles. The lowest BCUT2D eigenvalue weighted by Crippen LogP contribution is -2.44. The van der Waals surface area contributed by atoms with Crippen molar-refractivity contribution in [3.05, 3.63) is 30.0 Å². The van der Waals surface area contributed by atoms with Crippen LogP contribution in [-0.4, -0.2) is 22.3 Å². The first kappa shape index (κ1) is 10.9. The van der Waals surface area contributed by atoms with Crippen LogP contribution in [-0.2, 0) is 0 Å². The zero-order chi connectivity index (χ0) is 12.5. The molecule has 90 valence electrons. The topological polar surface area (TPSA) is 87.6 Å². The van der Waals surface area contributed by atoms with E-state index in [1.807, 2.05) is 24.3 Å². The molecule has 3 N–H and O–H groups in total. The number of fused-ring (bicyclic) bond motifs is 1. The highest BCUT2D eigenvalue weighted by Gasteiger charge is 2.27. The van der Waals surface area contributed by atoms with Crippen LogP contribution in [0.3, 0.4) is 0 Å². The van der Waals surface area contributed by atoms with E-state index in [9.17, 15) is 0 Å². The number of anilines is 1. The van der Waals surface area contributed by atoms with Gasteiger partial charge in [0.25, 0.3) is 0 Å². The van der Waals surface area contributed by atoms with Crippen LogP contribution in [0.5, 0.6) is 0 Å². The van der Waals surface area contributed by atoms with Gasteiger partial charge in [0.05, 0.1) is 11.2 Å². The van der Waals surface area contributed by atoms with E-state index in [2.05, 4.69) is 21.6 Å². The van der Waals surface area contributed by atoms with Gasteiger partial charge in [0.1, 0.15) is 6.07 Å². The maximum absolute atomic E-state index is 9.12. The molecule has 3 rings (SSSR count). The Hall–Kier alpha value is -2.19. The van der Waals surface area contributed by atoms with Crippen molar-refractivity contribution in [2.45, 2.75) is 24.9 Å². The Bertz CT molecular complexity index is 625. The maximum Gasteiger partial charge on any atom is 0.186 e. The molecule has 1 aromatic heterocycles. The lowest BCUT2D eigenvalue weighted by atomic mass is 9.87. The average molecular weight is 239 g/mol. The van der Waals surface area contributed by atoms with Crippen molar-refractivity contribution in [3.8, 4) is 6.07 Å². The second-order valence-corrected chi connectivity index (χ2v) is 4.63. The smallest absolute Gasteiger partial charge is 0.186 e. The predicted octanol–water partition coefficient (Wildman–Crippen LogP) is 1.40. The number of hydrogen-bond acceptors (Lipinski definition) is 5. The molecule has 0 amide bonds. The predicted molar refractivity (Wildman–Crippen MR) is 68.9 cm³/mol. The van der Waals surface area contributed by atoms with Crippen molar-refractivity contribution in [1.29, 1.82) is 5.26 Å². The van der Waals surface area contributed by atoms with E-state index in [0.29, 0.717) is 11.7 Å². The van der Waals surface area contributed by atoms with Crippen molar-refractivity contribution >= 4 is 16.6 Å². The number of nitrogens with one attached hydrogen (secondary N) is 1. The summed E-state index contributed by atoms with van der Waals surface area (Å²) in [6.07, 6.45) is 1.86. The summed E-state index contributed by atoms with van der Waals surface area (Å²) in [5, 5.41) is 21.4. The van der Waals surface area contributed by atoms with Gasteiger partial charge in [-0.3, -0.25) is 0 Å². The second kappa shape index (κ2) is 4.24. The molecule has 1 heterocycles. The van der Waals surface area contributed by atoms with E-state index >= 15 is 0 Å². The Morgan fingerprint density at radius 1 is 1.28 bits per heavy atom. The third-order valence-electron chi connectivity index (χ3n) is 3.30. The molecule has 5 heteroatoms. The first-order valence-corrected chi connectivity index (χ1v) is 5.95. The highest BCUT2D eigenvalue weighted by atomic mass is 15.1. The van der Waals surface area contributed by atoms with Crippen LogP contribution >= 0.6 is 0 Å². The summed E-state index contributed by atoms with van der Waals surface area (Å²) in [4.78, 5) is 0. The molecule has 0 saturated heterocycles. The number of hydrogen-bond donors (Lipinski definition) is 2. The number of benzene rings is 1. The summed E-state index contributed by atoms with van der Waals surface area (Å²) in [6.45, 7) is 0. The molecular formula is C13H13N5. The SMILES string of the molecule is N#Cc1nnc2ccccc2c1NC1CC(N)C1. The zero-order valence-corrected chi connectivity index (χ0v) is 9.80. The van der Waals surface area contributed by atoms with Gasteiger partial charge in [0.15, 0.2) is 5.69 Å². The average Bonchev–Trinajstić information content (AvgIpc) is 2.37. The molecular weight excluding hydrogens is 226 g/mol. The van der Waals surface area contributed by atoms with Crippen LogP contribution in [0.15, 0.2) is 24.3 Å². The highest BCUT2D eigenvalue weighted by Crippen LogP contribution is 2.28. The minimum Gasteiger partial charge on any atom is -0.379 e. The number of nitriles is 1. The normalized spacial score (nSPS) is 22.2. The van der Waals surface area contributed by atoms with E-state index in [-0.39, 0.29) is 6.04 Å². The molecule has 0 unspecified atom stereocenters. The van der Waals surface area contributed by atoms with Gasteiger partial charge in [-0.2, -0.15) is 5.26 Å².